The SMILES string of the molecule is CCCNc1cccc(NCC(O)CO)c1[N+](=O)[O-]. The van der Waals surface area contributed by atoms with Crippen LogP contribution in [0.4, 0.5) is 17.1 Å². The van der Waals surface area contributed by atoms with Crippen molar-refractivity contribution in [1.29, 1.82) is 0 Å². The molecule has 4 N–H and O–H groups in total. The van der Waals surface area contributed by atoms with E-state index in [1.54, 1.807) is 18.2 Å². The van der Waals surface area contributed by atoms with Gasteiger partial charge in [0.15, 0.2) is 0 Å². The molecule has 1 aromatic rings. The third kappa shape index (κ3) is 4.38. The predicted octanol–water partition coefficient (Wildman–Crippen LogP) is 1.18. The van der Waals surface area contributed by atoms with Crippen LogP contribution in [0.5, 0.6) is 0 Å². The average molecular weight is 269 g/mol. The van der Waals surface area contributed by atoms with E-state index < -0.39 is 17.6 Å². The second-order valence-corrected chi connectivity index (χ2v) is 4.10. The Balaban J connectivity index is 2.92. The molecular formula is C12H19N3O4. The number of hydrogen-bond acceptors (Lipinski definition) is 6. The topological polar surface area (TPSA) is 108 Å². The van der Waals surface area contributed by atoms with E-state index in [1.165, 1.54) is 0 Å². The molecule has 0 aliphatic carbocycles. The van der Waals surface area contributed by atoms with Crippen molar-refractivity contribution in [3.05, 3.63) is 28.3 Å². The Morgan fingerprint density at radius 2 is 2.00 bits per heavy atom. The summed E-state index contributed by atoms with van der Waals surface area (Å²) in [6, 6.07) is 4.90. The molecule has 0 aliphatic heterocycles. The number of nitro groups is 1. The van der Waals surface area contributed by atoms with E-state index in [0.29, 0.717) is 17.9 Å². The van der Waals surface area contributed by atoms with Crippen molar-refractivity contribution in [1.82, 2.24) is 0 Å². The second-order valence-electron chi connectivity index (χ2n) is 4.10. The van der Waals surface area contributed by atoms with Crippen molar-refractivity contribution >= 4 is 17.1 Å². The molecule has 0 radical (unpaired) electrons. The third-order valence-corrected chi connectivity index (χ3v) is 2.52. The Morgan fingerprint density at radius 1 is 1.37 bits per heavy atom. The lowest BCUT2D eigenvalue weighted by atomic mass is 10.2. The Bertz CT molecular complexity index is 425. The lowest BCUT2D eigenvalue weighted by Gasteiger charge is -2.13. The molecule has 0 bridgehead atoms. The number of nitro benzene ring substituents is 1. The molecule has 0 saturated carbocycles. The molecule has 106 valence electrons. The highest BCUT2D eigenvalue weighted by Crippen LogP contribution is 2.32. The van der Waals surface area contributed by atoms with Gasteiger partial charge in [0.2, 0.25) is 0 Å². The number of hydrogen-bond donors (Lipinski definition) is 4. The highest BCUT2D eigenvalue weighted by Gasteiger charge is 2.19. The van der Waals surface area contributed by atoms with Gasteiger partial charge in [-0.1, -0.05) is 13.0 Å². The van der Waals surface area contributed by atoms with Crippen molar-refractivity contribution in [2.24, 2.45) is 0 Å². The van der Waals surface area contributed by atoms with E-state index >= 15 is 0 Å². The van der Waals surface area contributed by atoms with Crippen molar-refractivity contribution in [2.75, 3.05) is 30.3 Å². The van der Waals surface area contributed by atoms with Gasteiger partial charge in [0.25, 0.3) is 0 Å². The van der Waals surface area contributed by atoms with Crippen LogP contribution in [-0.4, -0.2) is 40.9 Å². The normalized spacial score (nSPS) is 11.9. The Labute approximate surface area is 111 Å². The van der Waals surface area contributed by atoms with E-state index in [2.05, 4.69) is 10.6 Å². The van der Waals surface area contributed by atoms with Gasteiger partial charge in [-0.15, -0.1) is 0 Å². The van der Waals surface area contributed by atoms with Gasteiger partial charge in [-0.3, -0.25) is 10.1 Å². The average Bonchev–Trinajstić information content (AvgIpc) is 2.41. The first kappa shape index (κ1) is 15.2. The lowest BCUT2D eigenvalue weighted by molar-refractivity contribution is -0.383. The van der Waals surface area contributed by atoms with Gasteiger partial charge in [0.1, 0.15) is 11.4 Å². The summed E-state index contributed by atoms with van der Waals surface area (Å²) >= 11 is 0. The number of nitrogens with one attached hydrogen (secondary N) is 2. The van der Waals surface area contributed by atoms with Crippen LogP contribution >= 0.6 is 0 Å². The van der Waals surface area contributed by atoms with Crippen LogP contribution in [0, 0.1) is 10.1 Å². The van der Waals surface area contributed by atoms with Crippen LogP contribution in [0.1, 0.15) is 13.3 Å². The van der Waals surface area contributed by atoms with Crippen molar-refractivity contribution in [3.8, 4) is 0 Å². The molecule has 7 nitrogen and oxygen atoms in total. The number of aliphatic hydroxyl groups excluding tert-OH is 2. The minimum absolute atomic E-state index is 0.0502. The minimum Gasteiger partial charge on any atom is -0.394 e. The maximum atomic E-state index is 11.1. The van der Waals surface area contributed by atoms with Crippen LogP contribution in [0.25, 0.3) is 0 Å². The summed E-state index contributed by atoms with van der Waals surface area (Å²) in [5, 5.41) is 34.9. The predicted molar refractivity (Wildman–Crippen MR) is 73.5 cm³/mol. The van der Waals surface area contributed by atoms with Crippen LogP contribution in [0.15, 0.2) is 18.2 Å². The molecule has 0 aliphatic rings. The van der Waals surface area contributed by atoms with Gasteiger partial charge in [-0.05, 0) is 18.6 Å². The van der Waals surface area contributed by atoms with Gasteiger partial charge < -0.3 is 20.8 Å². The molecule has 0 amide bonds. The zero-order valence-electron chi connectivity index (χ0n) is 10.8. The molecule has 1 atom stereocenters. The fraction of sp³-hybridized carbons (Fsp3) is 0.500. The molecule has 1 unspecified atom stereocenters. The molecule has 0 aromatic heterocycles. The molecule has 19 heavy (non-hydrogen) atoms. The summed E-state index contributed by atoms with van der Waals surface area (Å²) in [5.74, 6) is 0. The minimum atomic E-state index is -0.952. The van der Waals surface area contributed by atoms with Crippen molar-refractivity contribution in [2.45, 2.75) is 19.4 Å². The quantitative estimate of drug-likeness (QED) is 0.417. The summed E-state index contributed by atoms with van der Waals surface area (Å²) in [5.41, 5.74) is 0.704. The number of benzene rings is 1. The largest absolute Gasteiger partial charge is 0.394 e. The summed E-state index contributed by atoms with van der Waals surface area (Å²) in [6.45, 7) is 2.27. The first-order chi connectivity index (χ1) is 9.10. The first-order valence-corrected chi connectivity index (χ1v) is 6.14. The van der Waals surface area contributed by atoms with Crippen LogP contribution < -0.4 is 10.6 Å². The van der Waals surface area contributed by atoms with Gasteiger partial charge in [-0.2, -0.15) is 0 Å². The molecule has 0 spiro atoms. The van der Waals surface area contributed by atoms with E-state index in [9.17, 15) is 15.2 Å². The van der Waals surface area contributed by atoms with Crippen molar-refractivity contribution < 1.29 is 15.1 Å². The maximum absolute atomic E-state index is 11.1. The third-order valence-electron chi connectivity index (χ3n) is 2.52. The first-order valence-electron chi connectivity index (χ1n) is 6.14. The van der Waals surface area contributed by atoms with E-state index in [4.69, 9.17) is 5.11 Å². The Hall–Kier alpha value is -1.86. The highest BCUT2D eigenvalue weighted by atomic mass is 16.6. The summed E-state index contributed by atoms with van der Waals surface area (Å²) < 4.78 is 0. The fourth-order valence-electron chi connectivity index (χ4n) is 1.58. The number of rotatable bonds is 8. The van der Waals surface area contributed by atoms with Crippen LogP contribution in [-0.2, 0) is 0 Å². The highest BCUT2D eigenvalue weighted by molar-refractivity contribution is 5.76. The van der Waals surface area contributed by atoms with E-state index in [1.807, 2.05) is 6.92 Å². The van der Waals surface area contributed by atoms with Crippen molar-refractivity contribution in [3.63, 3.8) is 0 Å². The molecule has 7 heteroatoms. The van der Waals surface area contributed by atoms with E-state index in [0.717, 1.165) is 6.42 Å². The lowest BCUT2D eigenvalue weighted by Crippen LogP contribution is -2.23. The van der Waals surface area contributed by atoms with Gasteiger partial charge in [-0.25, -0.2) is 0 Å². The smallest absolute Gasteiger partial charge is 0.315 e. The number of anilines is 2. The number of para-hydroxylation sites is 1. The molecular weight excluding hydrogens is 250 g/mol. The summed E-state index contributed by atoms with van der Waals surface area (Å²) in [6.07, 6.45) is -0.0928. The fourth-order valence-corrected chi connectivity index (χ4v) is 1.58. The zero-order chi connectivity index (χ0) is 14.3. The Morgan fingerprint density at radius 3 is 2.53 bits per heavy atom. The second kappa shape index (κ2) is 7.55. The zero-order valence-corrected chi connectivity index (χ0v) is 10.8. The molecule has 1 aromatic carbocycles. The Kier molecular flexibility index (Phi) is 6.04. The van der Waals surface area contributed by atoms with Gasteiger partial charge in [0.05, 0.1) is 17.6 Å². The number of nitrogens with zero attached hydrogens (tertiary/aromatic N) is 1. The van der Waals surface area contributed by atoms with Gasteiger partial charge >= 0.3 is 5.69 Å². The maximum Gasteiger partial charge on any atom is 0.315 e. The van der Waals surface area contributed by atoms with E-state index in [-0.39, 0.29) is 12.2 Å². The number of aliphatic hydroxyl groups is 2. The van der Waals surface area contributed by atoms with Gasteiger partial charge in [0, 0.05) is 13.1 Å². The summed E-state index contributed by atoms with van der Waals surface area (Å²) in [7, 11) is 0. The molecule has 0 fully saturated rings. The van der Waals surface area contributed by atoms with Crippen LogP contribution in [0.3, 0.4) is 0 Å². The standard InChI is InChI=1S/C12H19N3O4/c1-2-6-13-10-4-3-5-11(12(10)15(18)19)14-7-9(17)8-16/h3-5,9,13-14,16-17H,2,6-8H2,1H3. The molecule has 0 saturated heterocycles. The summed E-state index contributed by atoms with van der Waals surface area (Å²) in [4.78, 5) is 10.7. The monoisotopic (exact) mass is 269 g/mol. The molecule has 0 heterocycles. The molecule has 1 rings (SSSR count). The van der Waals surface area contributed by atoms with Crippen LogP contribution in [0.2, 0.25) is 0 Å².